The highest BCUT2D eigenvalue weighted by molar-refractivity contribution is 4.84. The zero-order chi connectivity index (χ0) is 9.15. The molecule has 2 aliphatic rings. The molecule has 2 saturated heterocycles. The van der Waals surface area contributed by atoms with Gasteiger partial charge in [0.25, 0.3) is 0 Å². The van der Waals surface area contributed by atoms with Crippen molar-refractivity contribution in [1.29, 1.82) is 0 Å². The molecule has 1 N–H and O–H groups in total. The van der Waals surface area contributed by atoms with Crippen LogP contribution in [0.4, 0.5) is 0 Å². The topological polar surface area (TPSA) is 24.5 Å². The Kier molecular flexibility index (Phi) is 2.86. The number of likely N-dealkylation sites (tertiary alicyclic amines) is 1. The summed E-state index contributed by atoms with van der Waals surface area (Å²) in [6.07, 6.45) is 4.05. The molecule has 2 heterocycles. The maximum atomic E-state index is 5.87. The minimum atomic E-state index is -0.0291. The third kappa shape index (κ3) is 2.03. The van der Waals surface area contributed by atoms with E-state index in [1.165, 1.54) is 32.4 Å². The molecule has 3 heteroatoms. The average molecular weight is 184 g/mol. The fraction of sp³-hybridized carbons (Fsp3) is 1.00. The largest absolute Gasteiger partial charge is 0.358 e. The second-order valence-corrected chi connectivity index (χ2v) is 4.25. The first-order valence-corrected chi connectivity index (χ1v) is 5.41. The summed E-state index contributed by atoms with van der Waals surface area (Å²) in [5, 5.41) is 3.41. The Morgan fingerprint density at radius 1 is 1.23 bits per heavy atom. The molecule has 0 saturated carbocycles. The number of nitrogens with zero attached hydrogens (tertiary/aromatic N) is 1. The number of rotatable bonds is 1. The van der Waals surface area contributed by atoms with Crippen LogP contribution >= 0.6 is 0 Å². The van der Waals surface area contributed by atoms with Gasteiger partial charge in [0.2, 0.25) is 0 Å². The van der Waals surface area contributed by atoms with Crippen molar-refractivity contribution in [3.05, 3.63) is 0 Å². The van der Waals surface area contributed by atoms with Crippen molar-refractivity contribution in [2.45, 2.75) is 31.9 Å². The van der Waals surface area contributed by atoms with Gasteiger partial charge in [0.15, 0.2) is 0 Å². The maximum absolute atomic E-state index is 5.87. The molecule has 2 rings (SSSR count). The van der Waals surface area contributed by atoms with Gasteiger partial charge in [-0.3, -0.25) is 4.90 Å². The van der Waals surface area contributed by atoms with Crippen LogP contribution in [-0.2, 0) is 4.74 Å². The molecular weight excluding hydrogens is 164 g/mol. The highest BCUT2D eigenvalue weighted by Gasteiger charge is 2.34. The first-order valence-electron chi connectivity index (χ1n) is 5.41. The van der Waals surface area contributed by atoms with Crippen LogP contribution in [0.2, 0.25) is 0 Å². The minimum Gasteiger partial charge on any atom is -0.358 e. The van der Waals surface area contributed by atoms with Crippen molar-refractivity contribution >= 4 is 0 Å². The van der Waals surface area contributed by atoms with E-state index < -0.39 is 0 Å². The smallest absolute Gasteiger partial charge is 0.131 e. The summed E-state index contributed by atoms with van der Waals surface area (Å²) < 4.78 is 5.87. The van der Waals surface area contributed by atoms with Crippen molar-refractivity contribution < 1.29 is 4.74 Å². The molecule has 1 unspecified atom stereocenters. The summed E-state index contributed by atoms with van der Waals surface area (Å²) in [5.74, 6) is 0. The zero-order valence-electron chi connectivity index (χ0n) is 8.51. The Balaban J connectivity index is 1.94. The molecule has 0 radical (unpaired) electrons. The summed E-state index contributed by atoms with van der Waals surface area (Å²) in [5.41, 5.74) is -0.0291. The third-order valence-electron chi connectivity index (χ3n) is 3.17. The molecule has 0 aromatic heterocycles. The van der Waals surface area contributed by atoms with Crippen molar-refractivity contribution in [3.63, 3.8) is 0 Å². The Labute approximate surface area is 80.4 Å². The van der Waals surface area contributed by atoms with Crippen LogP contribution in [0.1, 0.15) is 26.2 Å². The molecule has 76 valence electrons. The van der Waals surface area contributed by atoms with Crippen LogP contribution in [0.3, 0.4) is 0 Å². The van der Waals surface area contributed by atoms with E-state index in [1.807, 2.05) is 0 Å². The lowest BCUT2D eigenvalue weighted by atomic mass is 10.1. The molecule has 3 nitrogen and oxygen atoms in total. The van der Waals surface area contributed by atoms with Gasteiger partial charge in [-0.2, -0.15) is 0 Å². The SMILES string of the molecule is CC1(N2CCCCC2)CNCCO1. The Hall–Kier alpha value is -0.120. The van der Waals surface area contributed by atoms with Crippen molar-refractivity contribution in [2.24, 2.45) is 0 Å². The Morgan fingerprint density at radius 2 is 2.00 bits per heavy atom. The number of ether oxygens (including phenoxy) is 1. The van der Waals surface area contributed by atoms with E-state index in [2.05, 4.69) is 17.1 Å². The number of hydrogen-bond acceptors (Lipinski definition) is 3. The van der Waals surface area contributed by atoms with Gasteiger partial charge >= 0.3 is 0 Å². The second-order valence-electron chi connectivity index (χ2n) is 4.25. The van der Waals surface area contributed by atoms with Gasteiger partial charge in [0, 0.05) is 26.2 Å². The molecule has 0 spiro atoms. The van der Waals surface area contributed by atoms with E-state index in [1.54, 1.807) is 0 Å². The fourth-order valence-electron chi connectivity index (χ4n) is 2.28. The van der Waals surface area contributed by atoms with Crippen LogP contribution in [-0.4, -0.2) is 43.4 Å². The first-order chi connectivity index (χ1) is 6.31. The van der Waals surface area contributed by atoms with Crippen molar-refractivity contribution in [1.82, 2.24) is 10.2 Å². The number of piperidine rings is 1. The monoisotopic (exact) mass is 184 g/mol. The van der Waals surface area contributed by atoms with E-state index in [-0.39, 0.29) is 5.72 Å². The van der Waals surface area contributed by atoms with Crippen LogP contribution < -0.4 is 5.32 Å². The molecule has 13 heavy (non-hydrogen) atoms. The molecule has 2 aliphatic heterocycles. The summed E-state index contributed by atoms with van der Waals surface area (Å²) in [6, 6.07) is 0. The van der Waals surface area contributed by atoms with Gasteiger partial charge in [0.05, 0.1) is 6.61 Å². The van der Waals surface area contributed by atoms with Crippen LogP contribution in [0.5, 0.6) is 0 Å². The van der Waals surface area contributed by atoms with Crippen LogP contribution in [0.15, 0.2) is 0 Å². The summed E-state index contributed by atoms with van der Waals surface area (Å²) >= 11 is 0. The molecule has 2 fully saturated rings. The third-order valence-corrected chi connectivity index (χ3v) is 3.17. The van der Waals surface area contributed by atoms with E-state index in [0.717, 1.165) is 19.7 Å². The molecule has 0 amide bonds. The zero-order valence-corrected chi connectivity index (χ0v) is 8.51. The van der Waals surface area contributed by atoms with Crippen LogP contribution in [0.25, 0.3) is 0 Å². The summed E-state index contributed by atoms with van der Waals surface area (Å²) in [6.45, 7) is 7.46. The normalized spacial score (nSPS) is 37.6. The standard InChI is InChI=1S/C10H20N2O/c1-10(9-11-5-8-13-10)12-6-3-2-4-7-12/h11H,2-9H2,1H3. The van der Waals surface area contributed by atoms with Gasteiger partial charge in [-0.25, -0.2) is 0 Å². The summed E-state index contributed by atoms with van der Waals surface area (Å²) in [4.78, 5) is 2.49. The maximum Gasteiger partial charge on any atom is 0.131 e. The van der Waals surface area contributed by atoms with Gasteiger partial charge in [-0.1, -0.05) is 6.42 Å². The lowest BCUT2D eigenvalue weighted by molar-refractivity contribution is -0.162. The molecule has 0 aromatic rings. The molecule has 1 atom stereocenters. The van der Waals surface area contributed by atoms with Crippen molar-refractivity contribution in [2.75, 3.05) is 32.8 Å². The lowest BCUT2D eigenvalue weighted by Gasteiger charge is -2.45. The van der Waals surface area contributed by atoms with E-state index >= 15 is 0 Å². The second kappa shape index (κ2) is 3.95. The fourth-order valence-corrected chi connectivity index (χ4v) is 2.28. The van der Waals surface area contributed by atoms with Crippen LogP contribution in [0, 0.1) is 0 Å². The van der Waals surface area contributed by atoms with Gasteiger partial charge < -0.3 is 10.1 Å². The lowest BCUT2D eigenvalue weighted by Crippen LogP contribution is -2.59. The highest BCUT2D eigenvalue weighted by atomic mass is 16.5. The quantitative estimate of drug-likeness (QED) is 0.652. The van der Waals surface area contributed by atoms with Crippen molar-refractivity contribution in [3.8, 4) is 0 Å². The predicted molar refractivity (Wildman–Crippen MR) is 52.7 cm³/mol. The van der Waals surface area contributed by atoms with Gasteiger partial charge in [-0.05, 0) is 19.8 Å². The molecule has 0 bridgehead atoms. The first kappa shape index (κ1) is 9.44. The average Bonchev–Trinajstić information content (AvgIpc) is 2.20. The summed E-state index contributed by atoms with van der Waals surface area (Å²) in [7, 11) is 0. The van der Waals surface area contributed by atoms with Gasteiger partial charge in [0.1, 0.15) is 5.72 Å². The number of morpholine rings is 1. The predicted octanol–water partition coefficient (Wildman–Crippen LogP) is 0.808. The van der Waals surface area contributed by atoms with E-state index in [4.69, 9.17) is 4.74 Å². The molecule has 0 aliphatic carbocycles. The van der Waals surface area contributed by atoms with E-state index in [9.17, 15) is 0 Å². The van der Waals surface area contributed by atoms with E-state index in [0.29, 0.717) is 0 Å². The molecular formula is C10H20N2O. The highest BCUT2D eigenvalue weighted by Crippen LogP contribution is 2.22. The number of hydrogen-bond donors (Lipinski definition) is 1. The molecule has 0 aromatic carbocycles. The van der Waals surface area contributed by atoms with Gasteiger partial charge in [-0.15, -0.1) is 0 Å². The Bertz CT molecular complexity index is 160. The Morgan fingerprint density at radius 3 is 2.62 bits per heavy atom. The number of nitrogens with one attached hydrogen (secondary N) is 1. The minimum absolute atomic E-state index is 0.0291.